The van der Waals surface area contributed by atoms with Crippen LogP contribution in [0.2, 0.25) is 5.02 Å². The molecule has 2 unspecified atom stereocenters. The maximum Gasteiger partial charge on any atom is 0.238 e. The van der Waals surface area contributed by atoms with Gasteiger partial charge in [-0.15, -0.1) is 11.8 Å². The van der Waals surface area contributed by atoms with Crippen molar-refractivity contribution in [1.82, 2.24) is 15.2 Å². The molecule has 1 aromatic rings. The summed E-state index contributed by atoms with van der Waals surface area (Å²) in [6.45, 7) is 3.05. The van der Waals surface area contributed by atoms with E-state index in [0.717, 1.165) is 43.2 Å². The Morgan fingerprint density at radius 1 is 1.34 bits per heavy atom. The van der Waals surface area contributed by atoms with Crippen molar-refractivity contribution in [2.45, 2.75) is 24.9 Å². The molecule has 2 aliphatic heterocycles. The summed E-state index contributed by atoms with van der Waals surface area (Å²) in [6.07, 6.45) is 1.50. The van der Waals surface area contributed by atoms with Gasteiger partial charge in [0.05, 0.1) is 19.2 Å². The Morgan fingerprint density at radius 3 is 2.76 bits per heavy atom. The third-order valence-corrected chi connectivity index (χ3v) is 6.59. The van der Waals surface area contributed by atoms with Crippen LogP contribution in [0.3, 0.4) is 0 Å². The Labute approximate surface area is 180 Å². The summed E-state index contributed by atoms with van der Waals surface area (Å²) < 4.78 is 0. The lowest BCUT2D eigenvalue weighted by Crippen LogP contribution is -3.18. The Bertz CT molecular complexity index is 708. The molecule has 2 saturated heterocycles. The lowest BCUT2D eigenvalue weighted by Gasteiger charge is -2.37. The lowest BCUT2D eigenvalue weighted by atomic mass is 10.1. The molecule has 0 aromatic heterocycles. The van der Waals surface area contributed by atoms with E-state index >= 15 is 0 Å². The second-order valence-corrected chi connectivity index (χ2v) is 8.79. The molecule has 2 aliphatic rings. The van der Waals surface area contributed by atoms with E-state index in [1.165, 1.54) is 0 Å². The summed E-state index contributed by atoms with van der Waals surface area (Å²) in [5.41, 5.74) is 3.73. The predicted molar refractivity (Wildman–Crippen MR) is 115 cm³/mol. The molecular weight excluding hydrogens is 412 g/mol. The molecule has 3 N–H and O–H groups in total. The van der Waals surface area contributed by atoms with Gasteiger partial charge in [0.1, 0.15) is 12.1 Å². The Kier molecular flexibility index (Phi) is 8.56. The highest BCUT2D eigenvalue weighted by Crippen LogP contribution is 2.19. The number of rotatable bonds is 8. The van der Waals surface area contributed by atoms with Crippen LogP contribution in [0.25, 0.3) is 0 Å². The number of quaternary nitrogens is 1. The first-order valence-corrected chi connectivity index (χ1v) is 11.4. The first-order chi connectivity index (χ1) is 14.0. The summed E-state index contributed by atoms with van der Waals surface area (Å²) in [7, 11) is 0. The second kappa shape index (κ2) is 11.1. The van der Waals surface area contributed by atoms with Crippen molar-refractivity contribution in [2.24, 2.45) is 0 Å². The Hall–Kier alpha value is -1.38. The zero-order valence-corrected chi connectivity index (χ0v) is 17.8. The zero-order valence-electron chi connectivity index (χ0n) is 16.3. The lowest BCUT2D eigenvalue weighted by molar-refractivity contribution is -0.923. The average molecular weight is 439 g/mol. The number of nitriles is 1. The first-order valence-electron chi connectivity index (χ1n) is 9.82. The van der Waals surface area contributed by atoms with Crippen molar-refractivity contribution in [2.75, 3.05) is 49.7 Å². The smallest absolute Gasteiger partial charge is 0.238 e. The van der Waals surface area contributed by atoms with Gasteiger partial charge in [-0.1, -0.05) is 11.6 Å². The van der Waals surface area contributed by atoms with Gasteiger partial charge in [-0.25, -0.2) is 0 Å². The van der Waals surface area contributed by atoms with Crippen molar-refractivity contribution in [1.29, 1.82) is 5.26 Å². The highest BCUT2D eigenvalue weighted by Gasteiger charge is 2.27. The molecule has 1 aromatic carbocycles. The van der Waals surface area contributed by atoms with E-state index in [9.17, 15) is 10.0 Å². The number of nitrogens with one attached hydrogen (secondary N) is 3. The highest BCUT2D eigenvalue weighted by atomic mass is 35.5. The fourth-order valence-electron chi connectivity index (χ4n) is 3.57. The van der Waals surface area contributed by atoms with E-state index in [0.29, 0.717) is 24.7 Å². The molecule has 10 heteroatoms. The molecule has 0 saturated carbocycles. The minimum absolute atomic E-state index is 0.00899. The Balaban J connectivity index is 1.32. The largest absolute Gasteiger partial charge is 0.613 e. The van der Waals surface area contributed by atoms with Gasteiger partial charge in [-0.2, -0.15) is 10.7 Å². The van der Waals surface area contributed by atoms with E-state index in [1.54, 1.807) is 36.0 Å². The van der Waals surface area contributed by atoms with Crippen LogP contribution in [0.1, 0.15) is 12.8 Å². The van der Waals surface area contributed by atoms with Gasteiger partial charge in [-0.05, 0) is 24.3 Å². The molecule has 2 heterocycles. The number of piperidine rings is 1. The number of nitrogens with zero attached hydrogens (tertiary/aromatic N) is 3. The molecule has 3 rings (SSSR count). The number of carbonyl (C=O) groups is 1. The summed E-state index contributed by atoms with van der Waals surface area (Å²) in [5, 5.41) is 25.1. The molecule has 0 aliphatic carbocycles. The number of hydrogen-bond acceptors (Lipinski definition) is 7. The van der Waals surface area contributed by atoms with E-state index in [1.807, 2.05) is 0 Å². The third kappa shape index (κ3) is 6.83. The van der Waals surface area contributed by atoms with Crippen LogP contribution in [0.5, 0.6) is 0 Å². The van der Waals surface area contributed by atoms with Gasteiger partial charge in [0.15, 0.2) is 0 Å². The second-order valence-electron chi connectivity index (χ2n) is 7.35. The molecule has 2 atom stereocenters. The number of thioether (sulfide) groups is 1. The number of carbonyl (C=O) groups excluding carboxylic acids is 1. The summed E-state index contributed by atoms with van der Waals surface area (Å²) in [5.74, 6) is 1.63. The molecule has 29 heavy (non-hydrogen) atoms. The number of amides is 1. The zero-order chi connectivity index (χ0) is 20.6. The monoisotopic (exact) mass is 438 g/mol. The van der Waals surface area contributed by atoms with Crippen molar-refractivity contribution in [3.63, 3.8) is 0 Å². The van der Waals surface area contributed by atoms with Crippen LogP contribution in [0.4, 0.5) is 5.69 Å². The van der Waals surface area contributed by atoms with Gasteiger partial charge in [0.25, 0.3) is 0 Å². The summed E-state index contributed by atoms with van der Waals surface area (Å²) in [4.78, 5) is 16.4. The Morgan fingerprint density at radius 2 is 2.07 bits per heavy atom. The van der Waals surface area contributed by atoms with Gasteiger partial charge in [0, 0.05) is 54.8 Å². The maximum atomic E-state index is 12.4. The van der Waals surface area contributed by atoms with E-state index in [-0.39, 0.29) is 23.2 Å². The van der Waals surface area contributed by atoms with Crippen LogP contribution in [0.15, 0.2) is 24.3 Å². The van der Waals surface area contributed by atoms with Crippen LogP contribution in [0, 0.1) is 16.5 Å². The van der Waals surface area contributed by atoms with E-state index < -0.39 is 0 Å². The highest BCUT2D eigenvalue weighted by molar-refractivity contribution is 7.99. The minimum Gasteiger partial charge on any atom is -0.613 e. The van der Waals surface area contributed by atoms with Crippen molar-refractivity contribution in [3.8, 4) is 6.07 Å². The van der Waals surface area contributed by atoms with Crippen LogP contribution in [-0.2, 0) is 4.79 Å². The van der Waals surface area contributed by atoms with Gasteiger partial charge in [-0.3, -0.25) is 19.8 Å². The molecular formula is C19H27ClN6O2S. The normalized spacial score (nSPS) is 22.3. The van der Waals surface area contributed by atoms with Gasteiger partial charge < -0.3 is 10.5 Å². The van der Waals surface area contributed by atoms with Crippen molar-refractivity contribution < 1.29 is 9.97 Å². The molecule has 158 valence electrons. The molecule has 2 fully saturated rings. The number of likely N-dealkylation sites (tertiary alicyclic amines) is 1. The van der Waals surface area contributed by atoms with Crippen molar-refractivity contribution >= 4 is 35.0 Å². The molecule has 0 bridgehead atoms. The number of halogens is 1. The number of anilines is 1. The SMILES string of the molecule is N#CC1CSCN1CCN[NH+]([O-])C1CCN(CC(=O)Nc2ccc(Cl)cc2)CC1. The predicted octanol–water partition coefficient (Wildman–Crippen LogP) is 0.529. The number of benzene rings is 1. The molecule has 1 amide bonds. The topological polar surface area (TPSA) is 98.9 Å². The quantitative estimate of drug-likeness (QED) is 0.509. The van der Waals surface area contributed by atoms with Crippen LogP contribution < -0.4 is 15.9 Å². The summed E-state index contributed by atoms with van der Waals surface area (Å²) in [6, 6.07) is 9.28. The van der Waals surface area contributed by atoms with Gasteiger partial charge in [0.2, 0.25) is 5.91 Å². The van der Waals surface area contributed by atoms with Crippen molar-refractivity contribution in [3.05, 3.63) is 34.5 Å². The number of hydroxylamine groups is 1. The van der Waals surface area contributed by atoms with Gasteiger partial charge >= 0.3 is 0 Å². The van der Waals surface area contributed by atoms with Crippen LogP contribution in [-0.4, -0.2) is 72.1 Å². The van der Waals surface area contributed by atoms with E-state index in [2.05, 4.69) is 26.6 Å². The third-order valence-electron chi connectivity index (χ3n) is 5.27. The fraction of sp³-hybridized carbons (Fsp3) is 0.579. The van der Waals surface area contributed by atoms with Crippen LogP contribution >= 0.6 is 23.4 Å². The standard InChI is InChI=1S/C19H27ClN6O2S/c20-15-1-3-16(4-2-15)23-19(27)12-24-8-5-17(6-9-24)26(28)22-7-10-25-14-29-13-18(25)11-21/h1-4,17-18,22,26H,5-10,12-14H2,(H,23,27). The molecule has 0 radical (unpaired) electrons. The fourth-order valence-corrected chi connectivity index (χ4v) is 4.86. The average Bonchev–Trinajstić information content (AvgIpc) is 3.17. The minimum atomic E-state index is -0.0641. The van der Waals surface area contributed by atoms with E-state index in [4.69, 9.17) is 16.9 Å². The maximum absolute atomic E-state index is 12.4. The summed E-state index contributed by atoms with van der Waals surface area (Å²) >= 11 is 7.61. The molecule has 8 nitrogen and oxygen atoms in total. The molecule has 0 spiro atoms. The number of hydrogen-bond donors (Lipinski definition) is 3. The first kappa shape index (κ1) is 22.3.